The van der Waals surface area contributed by atoms with E-state index in [4.69, 9.17) is 0 Å². The number of rotatable bonds is 4. The zero-order valence-electron chi connectivity index (χ0n) is 11.0. The summed E-state index contributed by atoms with van der Waals surface area (Å²) in [4.78, 5) is 17.9. The minimum absolute atomic E-state index is 0.122. The van der Waals surface area contributed by atoms with E-state index >= 15 is 0 Å². The van der Waals surface area contributed by atoms with Crippen molar-refractivity contribution in [3.8, 4) is 0 Å². The van der Waals surface area contributed by atoms with Gasteiger partial charge in [-0.05, 0) is 32.3 Å². The third-order valence-electron chi connectivity index (χ3n) is 3.34. The van der Waals surface area contributed by atoms with Gasteiger partial charge in [-0.1, -0.05) is 6.58 Å². The van der Waals surface area contributed by atoms with E-state index in [9.17, 15) is 18.0 Å². The maximum absolute atomic E-state index is 12.8. The van der Waals surface area contributed by atoms with Crippen LogP contribution in [0.3, 0.4) is 0 Å². The number of aryl methyl sites for hydroxylation is 2. The molecule has 0 N–H and O–H groups in total. The maximum Gasteiger partial charge on any atom is 0.408 e. The van der Waals surface area contributed by atoms with Crippen LogP contribution in [0, 0.1) is 0 Å². The number of fused-ring (bicyclic) bond motifs is 1. The lowest BCUT2D eigenvalue weighted by molar-refractivity contribution is -0.185. The minimum atomic E-state index is -4.46. The summed E-state index contributed by atoms with van der Waals surface area (Å²) in [5.41, 5.74) is 0.968. The van der Waals surface area contributed by atoms with Gasteiger partial charge in [-0.2, -0.15) is 13.2 Å². The van der Waals surface area contributed by atoms with Crippen molar-refractivity contribution in [3.63, 3.8) is 0 Å². The number of carbonyl (C=O) groups excluding carboxylic acids is 1. The molecule has 110 valence electrons. The molecule has 1 aromatic heterocycles. The first-order chi connectivity index (χ1) is 9.32. The average molecular weight is 304 g/mol. The smallest absolute Gasteiger partial charge is 0.321 e. The van der Waals surface area contributed by atoms with Gasteiger partial charge in [-0.15, -0.1) is 11.3 Å². The molecule has 1 aliphatic carbocycles. The molecule has 1 aromatic rings. The van der Waals surface area contributed by atoms with Crippen LogP contribution in [0.2, 0.25) is 0 Å². The van der Waals surface area contributed by atoms with E-state index in [1.807, 2.05) is 0 Å². The monoisotopic (exact) mass is 304 g/mol. The molecule has 0 spiro atoms. The number of nitrogens with zero attached hydrogens (tertiary/aromatic N) is 2. The van der Waals surface area contributed by atoms with E-state index in [-0.39, 0.29) is 6.54 Å². The largest absolute Gasteiger partial charge is 0.408 e. The average Bonchev–Trinajstić information content (AvgIpc) is 2.93. The molecule has 0 saturated carbocycles. The fourth-order valence-corrected chi connectivity index (χ4v) is 3.31. The molecule has 1 atom stereocenters. The Morgan fingerprint density at radius 2 is 2.25 bits per heavy atom. The normalized spacial score (nSPS) is 15.8. The summed E-state index contributed by atoms with van der Waals surface area (Å²) in [6, 6.07) is -1.85. The van der Waals surface area contributed by atoms with Crippen molar-refractivity contribution in [1.82, 2.24) is 9.88 Å². The van der Waals surface area contributed by atoms with Gasteiger partial charge in [0.05, 0.1) is 12.2 Å². The summed E-state index contributed by atoms with van der Waals surface area (Å²) in [5.74, 6) is -0.731. The van der Waals surface area contributed by atoms with E-state index in [2.05, 4.69) is 11.6 Å². The number of thiazole rings is 1. The number of hydrogen-bond acceptors (Lipinski definition) is 3. The molecule has 1 amide bonds. The van der Waals surface area contributed by atoms with Crippen LogP contribution in [0.5, 0.6) is 0 Å². The van der Waals surface area contributed by atoms with Crippen LogP contribution in [-0.2, 0) is 24.2 Å². The van der Waals surface area contributed by atoms with Crippen molar-refractivity contribution < 1.29 is 18.0 Å². The van der Waals surface area contributed by atoms with Crippen LogP contribution in [0.15, 0.2) is 12.7 Å². The number of halogens is 3. The summed E-state index contributed by atoms with van der Waals surface area (Å²) >= 11 is 1.40. The maximum atomic E-state index is 12.8. The van der Waals surface area contributed by atoms with Crippen LogP contribution in [0.4, 0.5) is 13.2 Å². The Bertz CT molecular complexity index is 503. The summed E-state index contributed by atoms with van der Waals surface area (Å²) < 4.78 is 38.4. The Balaban J connectivity index is 2.19. The number of alkyl halides is 3. The molecular weight excluding hydrogens is 289 g/mol. The molecule has 20 heavy (non-hydrogen) atoms. The highest BCUT2D eigenvalue weighted by Gasteiger charge is 2.41. The molecule has 7 heteroatoms. The van der Waals surface area contributed by atoms with Gasteiger partial charge in [0.2, 0.25) is 5.91 Å². The Labute approximate surface area is 119 Å². The molecule has 1 heterocycles. The minimum Gasteiger partial charge on any atom is -0.321 e. The third-order valence-corrected chi connectivity index (χ3v) is 4.49. The first-order valence-corrected chi connectivity index (χ1v) is 7.11. The number of carbonyl (C=O) groups is 1. The summed E-state index contributed by atoms with van der Waals surface area (Å²) in [6.07, 6.45) is -0.710. The van der Waals surface area contributed by atoms with E-state index in [0.717, 1.165) is 47.7 Å². The van der Waals surface area contributed by atoms with Gasteiger partial charge >= 0.3 is 6.18 Å². The number of amides is 1. The molecule has 0 unspecified atom stereocenters. The Hall–Kier alpha value is -1.37. The predicted octanol–water partition coefficient (Wildman–Crippen LogP) is 3.10. The lowest BCUT2D eigenvalue weighted by Gasteiger charge is -2.29. The molecule has 0 saturated heterocycles. The first kappa shape index (κ1) is 15.0. The zero-order valence-corrected chi connectivity index (χ0v) is 11.9. The lowest BCUT2D eigenvalue weighted by atomic mass is 10.2. The van der Waals surface area contributed by atoms with Gasteiger partial charge < -0.3 is 4.90 Å². The van der Waals surface area contributed by atoms with E-state index in [1.54, 1.807) is 0 Å². The molecule has 0 aromatic carbocycles. The lowest BCUT2D eigenvalue weighted by Crippen LogP contribution is -2.45. The van der Waals surface area contributed by atoms with Gasteiger partial charge in [-0.3, -0.25) is 4.79 Å². The first-order valence-electron chi connectivity index (χ1n) is 6.30. The van der Waals surface area contributed by atoms with Crippen LogP contribution in [0.1, 0.15) is 28.9 Å². The molecule has 0 fully saturated rings. The van der Waals surface area contributed by atoms with Crippen molar-refractivity contribution in [2.24, 2.45) is 0 Å². The second kappa shape index (κ2) is 5.55. The topological polar surface area (TPSA) is 33.2 Å². The zero-order chi connectivity index (χ0) is 14.9. The SMILES string of the molecule is C=CC(=O)N(Cc1nc2c(s1)CCC2)[C@H](C)C(F)(F)F. The van der Waals surface area contributed by atoms with Crippen molar-refractivity contribution in [2.45, 2.75) is 44.9 Å². The van der Waals surface area contributed by atoms with E-state index in [1.165, 1.54) is 11.3 Å². The van der Waals surface area contributed by atoms with Crippen LogP contribution >= 0.6 is 11.3 Å². The highest BCUT2D eigenvalue weighted by molar-refractivity contribution is 7.11. The second-order valence-electron chi connectivity index (χ2n) is 4.72. The fraction of sp³-hybridized carbons (Fsp3) is 0.538. The molecule has 3 nitrogen and oxygen atoms in total. The Kier molecular flexibility index (Phi) is 4.17. The Morgan fingerprint density at radius 3 is 2.80 bits per heavy atom. The van der Waals surface area contributed by atoms with Gasteiger partial charge in [0, 0.05) is 4.88 Å². The molecule has 2 rings (SSSR count). The standard InChI is InChI=1S/C13H15F3N2OS/c1-3-12(19)18(8(2)13(14,15)16)7-11-17-9-5-4-6-10(9)20-11/h3,8H,1,4-7H2,2H3/t8-/m1/s1. The fourth-order valence-electron chi connectivity index (χ4n) is 2.16. The van der Waals surface area contributed by atoms with Gasteiger partial charge in [0.1, 0.15) is 11.0 Å². The quantitative estimate of drug-likeness (QED) is 0.801. The molecular formula is C13H15F3N2OS. The third kappa shape index (κ3) is 3.03. The van der Waals surface area contributed by atoms with E-state index in [0.29, 0.717) is 5.01 Å². The van der Waals surface area contributed by atoms with Crippen molar-refractivity contribution in [1.29, 1.82) is 0 Å². The highest BCUT2D eigenvalue weighted by Crippen LogP contribution is 2.30. The van der Waals surface area contributed by atoms with Crippen LogP contribution in [0.25, 0.3) is 0 Å². The van der Waals surface area contributed by atoms with Crippen LogP contribution < -0.4 is 0 Å². The van der Waals surface area contributed by atoms with Gasteiger partial charge in [0.25, 0.3) is 0 Å². The number of aromatic nitrogens is 1. The molecule has 0 radical (unpaired) electrons. The van der Waals surface area contributed by atoms with E-state index < -0.39 is 18.1 Å². The number of hydrogen-bond donors (Lipinski definition) is 0. The van der Waals surface area contributed by atoms with Gasteiger partial charge in [-0.25, -0.2) is 4.98 Å². The Morgan fingerprint density at radius 1 is 1.55 bits per heavy atom. The van der Waals surface area contributed by atoms with Crippen molar-refractivity contribution in [3.05, 3.63) is 28.2 Å². The molecule has 1 aliphatic rings. The van der Waals surface area contributed by atoms with Crippen LogP contribution in [-0.4, -0.2) is 28.0 Å². The molecule has 0 aliphatic heterocycles. The highest BCUT2D eigenvalue weighted by atomic mass is 32.1. The molecule has 0 bridgehead atoms. The second-order valence-corrected chi connectivity index (χ2v) is 5.89. The summed E-state index contributed by atoms with van der Waals surface area (Å²) in [6.45, 7) is 4.12. The van der Waals surface area contributed by atoms with Crippen molar-refractivity contribution >= 4 is 17.2 Å². The summed E-state index contributed by atoms with van der Waals surface area (Å²) in [5, 5.41) is 0.556. The van der Waals surface area contributed by atoms with Crippen molar-refractivity contribution in [2.75, 3.05) is 0 Å². The summed E-state index contributed by atoms with van der Waals surface area (Å²) in [7, 11) is 0. The van der Waals surface area contributed by atoms with Gasteiger partial charge in [0.15, 0.2) is 0 Å². The predicted molar refractivity (Wildman–Crippen MR) is 70.4 cm³/mol.